The molecule has 2 unspecified atom stereocenters. The monoisotopic (exact) mass is 450 g/mol. The normalized spacial score (nSPS) is 20.5. The van der Waals surface area contributed by atoms with Gasteiger partial charge in [-0.1, -0.05) is 92.7 Å². The van der Waals surface area contributed by atoms with Crippen LogP contribution in [0.25, 0.3) is 11.1 Å². The number of para-hydroxylation sites is 1. The largest absolute Gasteiger partial charge is 0.457 e. The average molecular weight is 451 g/mol. The van der Waals surface area contributed by atoms with Gasteiger partial charge in [0.15, 0.2) is 0 Å². The van der Waals surface area contributed by atoms with Gasteiger partial charge in [-0.3, -0.25) is 0 Å². The zero-order valence-electron chi connectivity index (χ0n) is 18.7. The van der Waals surface area contributed by atoms with Gasteiger partial charge < -0.3 is 4.74 Å². The Morgan fingerprint density at radius 2 is 1.36 bits per heavy atom. The fraction of sp³-hybridized carbons (Fsp3) is 0.172. The summed E-state index contributed by atoms with van der Waals surface area (Å²) in [4.78, 5) is 0. The Labute approximate surface area is 199 Å². The van der Waals surface area contributed by atoms with Crippen molar-refractivity contribution in [2.24, 2.45) is 0 Å². The van der Waals surface area contributed by atoms with Gasteiger partial charge in [0.25, 0.3) is 0 Å². The lowest BCUT2D eigenvalue weighted by atomic mass is 9.73. The summed E-state index contributed by atoms with van der Waals surface area (Å²) in [7, 11) is 0. The maximum absolute atomic E-state index is 6.34. The summed E-state index contributed by atoms with van der Waals surface area (Å²) in [6.45, 7) is 4.59. The van der Waals surface area contributed by atoms with Crippen LogP contribution in [0, 0.1) is 0 Å². The minimum Gasteiger partial charge on any atom is -0.457 e. The Hall–Kier alpha value is -3.05. The molecule has 1 fully saturated rings. The minimum absolute atomic E-state index is 0.156. The van der Waals surface area contributed by atoms with Gasteiger partial charge in [-0.25, -0.2) is 10.9 Å². The van der Waals surface area contributed by atoms with Gasteiger partial charge in [0.05, 0.1) is 10.7 Å². The molecule has 0 amide bonds. The van der Waals surface area contributed by atoms with E-state index in [0.29, 0.717) is 0 Å². The number of fused-ring (bicyclic) bond motifs is 2. The Balaban J connectivity index is 1.36. The Morgan fingerprint density at radius 1 is 0.697 bits per heavy atom. The van der Waals surface area contributed by atoms with Crippen LogP contribution in [-0.4, -0.2) is 0 Å². The lowest BCUT2D eigenvalue weighted by molar-refractivity contribution is 0.419. The Bertz CT molecular complexity index is 1320. The summed E-state index contributed by atoms with van der Waals surface area (Å²) in [6.07, 6.45) is 0. The van der Waals surface area contributed by atoms with E-state index in [1.54, 1.807) is 0 Å². The van der Waals surface area contributed by atoms with Crippen molar-refractivity contribution < 1.29 is 4.74 Å². The number of ether oxygens (including phenoxy) is 1. The van der Waals surface area contributed by atoms with E-state index in [1.165, 1.54) is 33.4 Å². The van der Waals surface area contributed by atoms with Crippen molar-refractivity contribution >= 4 is 11.8 Å². The smallest absolute Gasteiger partial charge is 0.132 e. The van der Waals surface area contributed by atoms with Crippen molar-refractivity contribution in [1.82, 2.24) is 10.9 Å². The topological polar surface area (TPSA) is 33.3 Å². The van der Waals surface area contributed by atoms with Crippen LogP contribution in [-0.2, 0) is 5.41 Å². The first-order chi connectivity index (χ1) is 16.1. The second-order valence-corrected chi connectivity index (χ2v) is 10.3. The standard InChI is InChI=1S/C29H26N2OS/c1-29(2)23-15-6-7-16-24(23)32-25-17-9-14-22(26(25)29)20-12-8-13-21(18-20)28-31-30-27(33-28)19-10-4-3-5-11-19/h3-18,27-28,30-31H,1-2H3. The summed E-state index contributed by atoms with van der Waals surface area (Å²) >= 11 is 1.89. The van der Waals surface area contributed by atoms with Crippen LogP contribution in [0.4, 0.5) is 0 Å². The molecule has 0 aliphatic carbocycles. The molecule has 2 N–H and O–H groups in total. The number of rotatable bonds is 3. The van der Waals surface area contributed by atoms with Gasteiger partial charge in [-0.05, 0) is 40.5 Å². The highest BCUT2D eigenvalue weighted by Gasteiger charge is 2.36. The molecule has 2 heterocycles. The second-order valence-electron chi connectivity index (χ2n) is 9.12. The Morgan fingerprint density at radius 3 is 2.21 bits per heavy atom. The molecule has 33 heavy (non-hydrogen) atoms. The van der Waals surface area contributed by atoms with E-state index in [1.807, 2.05) is 17.8 Å². The van der Waals surface area contributed by atoms with Crippen molar-refractivity contribution in [2.45, 2.75) is 30.0 Å². The molecular weight excluding hydrogens is 424 g/mol. The maximum atomic E-state index is 6.34. The van der Waals surface area contributed by atoms with E-state index in [2.05, 4.69) is 116 Å². The molecule has 6 rings (SSSR count). The van der Waals surface area contributed by atoms with Crippen LogP contribution in [0.15, 0.2) is 97.1 Å². The number of thioether (sulfide) groups is 1. The quantitative estimate of drug-likeness (QED) is 0.342. The molecule has 0 saturated carbocycles. The van der Waals surface area contributed by atoms with Crippen molar-refractivity contribution in [3.63, 3.8) is 0 Å². The Kier molecular flexibility index (Phi) is 5.02. The van der Waals surface area contributed by atoms with E-state index in [9.17, 15) is 0 Å². The van der Waals surface area contributed by atoms with Crippen LogP contribution in [0.5, 0.6) is 11.5 Å². The first-order valence-corrected chi connectivity index (χ1v) is 12.3. The highest BCUT2D eigenvalue weighted by atomic mass is 32.2. The zero-order valence-corrected chi connectivity index (χ0v) is 19.5. The summed E-state index contributed by atoms with van der Waals surface area (Å²) in [5.74, 6) is 1.89. The molecule has 0 aromatic heterocycles. The summed E-state index contributed by atoms with van der Waals surface area (Å²) in [6, 6.07) is 34.2. The molecular formula is C29H26N2OS. The van der Waals surface area contributed by atoms with Crippen molar-refractivity contribution in [1.29, 1.82) is 0 Å². The van der Waals surface area contributed by atoms with E-state index < -0.39 is 0 Å². The first kappa shape index (κ1) is 20.5. The van der Waals surface area contributed by atoms with Crippen LogP contribution in [0.2, 0.25) is 0 Å². The third-order valence-corrected chi connectivity index (χ3v) is 7.98. The molecule has 4 heteroatoms. The van der Waals surface area contributed by atoms with Crippen LogP contribution < -0.4 is 15.6 Å². The number of hydrogen-bond donors (Lipinski definition) is 2. The maximum Gasteiger partial charge on any atom is 0.132 e. The fourth-order valence-electron chi connectivity index (χ4n) is 5.00. The molecule has 0 radical (unpaired) electrons. The first-order valence-electron chi connectivity index (χ1n) is 11.3. The van der Waals surface area contributed by atoms with Gasteiger partial charge in [-0.2, -0.15) is 0 Å². The molecule has 3 nitrogen and oxygen atoms in total. The summed E-state index contributed by atoms with van der Waals surface area (Å²) in [5.41, 5.74) is 14.2. The predicted molar refractivity (Wildman–Crippen MR) is 136 cm³/mol. The molecule has 164 valence electrons. The second kappa shape index (κ2) is 8.07. The van der Waals surface area contributed by atoms with Gasteiger partial charge >= 0.3 is 0 Å². The number of hydrogen-bond acceptors (Lipinski definition) is 4. The van der Waals surface area contributed by atoms with Crippen LogP contribution in [0.3, 0.4) is 0 Å². The molecule has 1 saturated heterocycles. The molecule has 4 aromatic rings. The van der Waals surface area contributed by atoms with Crippen LogP contribution in [0.1, 0.15) is 46.8 Å². The third-order valence-electron chi connectivity index (χ3n) is 6.65. The third kappa shape index (κ3) is 3.55. The highest BCUT2D eigenvalue weighted by molar-refractivity contribution is 7.99. The van der Waals surface area contributed by atoms with E-state index in [-0.39, 0.29) is 16.2 Å². The lowest BCUT2D eigenvalue weighted by Crippen LogP contribution is -2.26. The van der Waals surface area contributed by atoms with Gasteiger partial charge in [0.2, 0.25) is 0 Å². The van der Waals surface area contributed by atoms with Crippen molar-refractivity contribution in [3.8, 4) is 22.6 Å². The lowest BCUT2D eigenvalue weighted by Gasteiger charge is -2.36. The number of nitrogens with one attached hydrogen (secondary N) is 2. The van der Waals surface area contributed by atoms with E-state index in [4.69, 9.17) is 4.74 Å². The molecule has 2 aliphatic rings. The summed E-state index contributed by atoms with van der Waals surface area (Å²) < 4.78 is 6.34. The average Bonchev–Trinajstić information content (AvgIpc) is 3.35. The van der Waals surface area contributed by atoms with Gasteiger partial charge in [-0.15, -0.1) is 11.8 Å². The SMILES string of the molecule is CC1(C)c2ccccc2Oc2cccc(-c3cccc(C4NNC(c5ccccc5)S4)c3)c21. The molecule has 0 bridgehead atoms. The summed E-state index contributed by atoms with van der Waals surface area (Å²) in [5, 5.41) is 0.410. The van der Waals surface area contributed by atoms with E-state index in [0.717, 1.165) is 11.5 Å². The van der Waals surface area contributed by atoms with Crippen LogP contribution >= 0.6 is 11.8 Å². The highest BCUT2D eigenvalue weighted by Crippen LogP contribution is 2.51. The molecule has 2 aliphatic heterocycles. The predicted octanol–water partition coefficient (Wildman–Crippen LogP) is 7.32. The van der Waals surface area contributed by atoms with Gasteiger partial charge in [0, 0.05) is 16.5 Å². The fourth-order valence-corrected chi connectivity index (χ4v) is 6.17. The van der Waals surface area contributed by atoms with Gasteiger partial charge in [0.1, 0.15) is 11.5 Å². The molecule has 0 spiro atoms. The van der Waals surface area contributed by atoms with Crippen molar-refractivity contribution in [3.05, 3.63) is 119 Å². The number of hydrazine groups is 1. The molecule has 2 atom stereocenters. The minimum atomic E-state index is -0.156. The van der Waals surface area contributed by atoms with Crippen molar-refractivity contribution in [2.75, 3.05) is 0 Å². The zero-order chi connectivity index (χ0) is 22.4. The number of benzene rings is 4. The van der Waals surface area contributed by atoms with E-state index >= 15 is 0 Å². The molecule has 4 aromatic carbocycles.